The van der Waals surface area contributed by atoms with E-state index >= 15 is 0 Å². The molecule has 1 amide bonds. The van der Waals surface area contributed by atoms with Gasteiger partial charge in [-0.15, -0.1) is 11.3 Å². The van der Waals surface area contributed by atoms with E-state index in [9.17, 15) is 9.59 Å². The van der Waals surface area contributed by atoms with Gasteiger partial charge in [-0.3, -0.25) is 4.79 Å². The maximum Gasteiger partial charge on any atom is 0.348 e. The number of fused-ring (bicyclic) bond motifs is 1. The summed E-state index contributed by atoms with van der Waals surface area (Å²) in [4.78, 5) is 33.9. The van der Waals surface area contributed by atoms with Gasteiger partial charge in [0.25, 0.3) is 5.91 Å². The Labute approximate surface area is 162 Å². The van der Waals surface area contributed by atoms with E-state index in [1.807, 2.05) is 6.92 Å². The van der Waals surface area contributed by atoms with Crippen LogP contribution in [0.2, 0.25) is 0 Å². The van der Waals surface area contributed by atoms with E-state index in [1.165, 1.54) is 24.1 Å². The molecule has 7 nitrogen and oxygen atoms in total. The predicted octanol–water partition coefficient (Wildman–Crippen LogP) is 3.25. The van der Waals surface area contributed by atoms with Gasteiger partial charge in [0.2, 0.25) is 5.88 Å². The number of amides is 1. The lowest BCUT2D eigenvalue weighted by Crippen LogP contribution is -2.43. The highest BCUT2D eigenvalue weighted by Gasteiger charge is 2.24. The summed E-state index contributed by atoms with van der Waals surface area (Å²) in [6.45, 7) is 5.94. The Morgan fingerprint density at radius 2 is 2.07 bits per heavy atom. The molecule has 2 aromatic heterocycles. The van der Waals surface area contributed by atoms with Crippen LogP contribution in [0, 0.1) is 12.8 Å². The maximum absolute atomic E-state index is 12.3. The molecule has 1 saturated carbocycles. The van der Waals surface area contributed by atoms with Gasteiger partial charge in [0.15, 0.2) is 6.61 Å². The zero-order chi connectivity index (χ0) is 19.4. The molecule has 2 heterocycles. The Bertz CT molecular complexity index is 836. The second-order valence-corrected chi connectivity index (χ2v) is 7.86. The zero-order valence-electron chi connectivity index (χ0n) is 15.9. The number of rotatable bonds is 6. The van der Waals surface area contributed by atoms with Crippen molar-refractivity contribution in [3.63, 3.8) is 0 Å². The smallest absolute Gasteiger partial charge is 0.348 e. The van der Waals surface area contributed by atoms with Crippen LogP contribution in [0.4, 0.5) is 0 Å². The number of nitrogens with zero attached hydrogens (tertiary/aromatic N) is 2. The van der Waals surface area contributed by atoms with Crippen LogP contribution in [0.25, 0.3) is 10.2 Å². The first-order valence-corrected chi connectivity index (χ1v) is 10.2. The van der Waals surface area contributed by atoms with Crippen molar-refractivity contribution in [2.45, 2.75) is 52.5 Å². The molecule has 1 aliphatic carbocycles. The lowest BCUT2D eigenvalue weighted by atomic mass is 9.86. The largest absolute Gasteiger partial charge is 0.467 e. The molecule has 0 unspecified atom stereocenters. The molecule has 2 aromatic rings. The summed E-state index contributed by atoms with van der Waals surface area (Å²) >= 11 is 1.24. The minimum atomic E-state index is -0.382. The number of aryl methyl sites for hydroxylation is 1. The molecular weight excluding hydrogens is 366 g/mol. The van der Waals surface area contributed by atoms with Gasteiger partial charge in [0, 0.05) is 6.04 Å². The number of ether oxygens (including phenoxy) is 2. The summed E-state index contributed by atoms with van der Waals surface area (Å²) in [7, 11) is 0. The van der Waals surface area contributed by atoms with Crippen molar-refractivity contribution in [1.82, 2.24) is 15.3 Å². The molecule has 0 radical (unpaired) electrons. The van der Waals surface area contributed by atoms with Crippen molar-refractivity contribution in [1.29, 1.82) is 0 Å². The summed E-state index contributed by atoms with van der Waals surface area (Å²) in [5.41, 5.74) is 0.713. The van der Waals surface area contributed by atoms with Crippen molar-refractivity contribution in [3.05, 3.63) is 16.8 Å². The van der Waals surface area contributed by atoms with Gasteiger partial charge in [0.05, 0.1) is 12.0 Å². The number of nitrogens with one attached hydrogen (secondary N) is 1. The first-order chi connectivity index (χ1) is 13.0. The predicted molar refractivity (Wildman–Crippen MR) is 103 cm³/mol. The third-order valence-corrected chi connectivity index (χ3v) is 6.13. The molecule has 1 fully saturated rings. The second-order valence-electron chi connectivity index (χ2n) is 6.86. The summed E-state index contributed by atoms with van der Waals surface area (Å²) in [6, 6.07) is 0.207. The molecule has 27 heavy (non-hydrogen) atoms. The minimum absolute atomic E-state index is 0.112. The number of hydrogen-bond donors (Lipinski definition) is 1. The molecule has 8 heteroatoms. The van der Waals surface area contributed by atoms with Crippen LogP contribution in [0.5, 0.6) is 5.88 Å². The highest BCUT2D eigenvalue weighted by Crippen LogP contribution is 2.34. The Kier molecular flexibility index (Phi) is 6.26. The van der Waals surface area contributed by atoms with Crippen LogP contribution in [-0.2, 0) is 9.53 Å². The molecule has 0 aromatic carbocycles. The van der Waals surface area contributed by atoms with E-state index in [-0.39, 0.29) is 24.5 Å². The Balaban J connectivity index is 1.71. The maximum atomic E-state index is 12.3. The molecular formula is C19H25N3O4S. The van der Waals surface area contributed by atoms with E-state index in [2.05, 4.69) is 22.2 Å². The topological polar surface area (TPSA) is 90.4 Å². The number of thiophene rings is 1. The van der Waals surface area contributed by atoms with Crippen LogP contribution in [0.15, 0.2) is 6.33 Å². The molecule has 0 saturated heterocycles. The minimum Gasteiger partial charge on any atom is -0.467 e. The van der Waals surface area contributed by atoms with Gasteiger partial charge in [-0.25, -0.2) is 14.8 Å². The number of esters is 1. The van der Waals surface area contributed by atoms with Crippen LogP contribution in [0.1, 0.15) is 54.8 Å². The average molecular weight is 391 g/mol. The summed E-state index contributed by atoms with van der Waals surface area (Å²) in [6.07, 6.45) is 5.90. The van der Waals surface area contributed by atoms with Gasteiger partial charge in [-0.1, -0.05) is 19.8 Å². The van der Waals surface area contributed by atoms with Crippen LogP contribution >= 0.6 is 11.3 Å². The van der Waals surface area contributed by atoms with Crippen molar-refractivity contribution in [2.24, 2.45) is 5.92 Å². The fourth-order valence-electron chi connectivity index (χ4n) is 3.45. The average Bonchev–Trinajstić information content (AvgIpc) is 3.00. The van der Waals surface area contributed by atoms with Gasteiger partial charge in [-0.2, -0.15) is 0 Å². The number of aromatic nitrogens is 2. The normalized spacial score (nSPS) is 19.7. The van der Waals surface area contributed by atoms with Crippen LogP contribution in [-0.4, -0.2) is 41.1 Å². The second kappa shape index (κ2) is 8.65. The lowest BCUT2D eigenvalue weighted by Gasteiger charge is -2.29. The number of hydrogen-bond acceptors (Lipinski definition) is 7. The lowest BCUT2D eigenvalue weighted by molar-refractivity contribution is -0.124. The van der Waals surface area contributed by atoms with Gasteiger partial charge >= 0.3 is 5.97 Å². The molecule has 2 atom stereocenters. The number of carbonyl (C=O) groups is 2. The van der Waals surface area contributed by atoms with E-state index < -0.39 is 0 Å². The first-order valence-electron chi connectivity index (χ1n) is 9.34. The van der Waals surface area contributed by atoms with Gasteiger partial charge in [0.1, 0.15) is 16.0 Å². The van der Waals surface area contributed by atoms with Crippen molar-refractivity contribution >= 4 is 33.4 Å². The Hall–Kier alpha value is -2.22. The standard InChI is InChI=1S/C19H25N3O4S/c1-4-25-19(24)16-12(3)15-17(20-10-21-18(15)27-16)26-9-14(23)22-13-8-6-5-7-11(13)2/h10-11,13H,4-9H2,1-3H3,(H,22,23)/t11-,13+/m1/s1. The van der Waals surface area contributed by atoms with E-state index in [0.717, 1.165) is 19.3 Å². The quantitative estimate of drug-likeness (QED) is 0.760. The van der Waals surface area contributed by atoms with E-state index in [1.54, 1.807) is 6.92 Å². The van der Waals surface area contributed by atoms with Crippen molar-refractivity contribution in [2.75, 3.05) is 13.2 Å². The fraction of sp³-hybridized carbons (Fsp3) is 0.579. The zero-order valence-corrected chi connectivity index (χ0v) is 16.7. The molecule has 1 aliphatic rings. The van der Waals surface area contributed by atoms with E-state index in [0.29, 0.717) is 39.1 Å². The Morgan fingerprint density at radius 3 is 2.81 bits per heavy atom. The summed E-state index contributed by atoms with van der Waals surface area (Å²) < 4.78 is 10.8. The molecule has 0 spiro atoms. The third-order valence-electron chi connectivity index (χ3n) is 4.95. The van der Waals surface area contributed by atoms with Crippen LogP contribution < -0.4 is 10.1 Å². The van der Waals surface area contributed by atoms with Crippen molar-refractivity contribution < 1.29 is 19.1 Å². The van der Waals surface area contributed by atoms with Gasteiger partial charge < -0.3 is 14.8 Å². The number of carbonyl (C=O) groups excluding carboxylic acids is 2. The highest BCUT2D eigenvalue weighted by molar-refractivity contribution is 7.20. The Morgan fingerprint density at radius 1 is 1.30 bits per heavy atom. The van der Waals surface area contributed by atoms with Crippen molar-refractivity contribution in [3.8, 4) is 5.88 Å². The van der Waals surface area contributed by atoms with Crippen LogP contribution in [0.3, 0.4) is 0 Å². The molecule has 0 aliphatic heterocycles. The van der Waals surface area contributed by atoms with E-state index in [4.69, 9.17) is 9.47 Å². The fourth-order valence-corrected chi connectivity index (χ4v) is 4.49. The monoisotopic (exact) mass is 391 g/mol. The molecule has 3 rings (SSSR count). The SMILES string of the molecule is CCOC(=O)c1sc2ncnc(OCC(=O)N[C@H]3CCCC[C@H]3C)c2c1C. The first kappa shape index (κ1) is 19.5. The molecule has 146 valence electrons. The summed E-state index contributed by atoms with van der Waals surface area (Å²) in [5.74, 6) is 0.267. The molecule has 0 bridgehead atoms. The highest BCUT2D eigenvalue weighted by atomic mass is 32.1. The third kappa shape index (κ3) is 4.37. The van der Waals surface area contributed by atoms with Gasteiger partial charge in [-0.05, 0) is 38.2 Å². The molecule has 1 N–H and O–H groups in total. The summed E-state index contributed by atoms with van der Waals surface area (Å²) in [5, 5.41) is 3.72.